The van der Waals surface area contributed by atoms with Crippen molar-refractivity contribution in [1.29, 1.82) is 5.26 Å². The maximum Gasteiger partial charge on any atom is 0.253 e. The minimum absolute atomic E-state index is 0.0185. The van der Waals surface area contributed by atoms with Gasteiger partial charge in [0.1, 0.15) is 11.8 Å². The number of benzene rings is 2. The van der Waals surface area contributed by atoms with Crippen molar-refractivity contribution in [1.82, 2.24) is 10.2 Å². The molecule has 29 heavy (non-hydrogen) atoms. The number of carbonyl (C=O) groups is 2. The van der Waals surface area contributed by atoms with E-state index in [1.54, 1.807) is 41.3 Å². The third-order valence-electron chi connectivity index (χ3n) is 4.84. The minimum Gasteiger partial charge on any atom is -0.479 e. The van der Waals surface area contributed by atoms with Crippen LogP contribution in [0.4, 0.5) is 0 Å². The number of piperidine rings is 1. The Bertz CT molecular complexity index is 908. The van der Waals surface area contributed by atoms with Gasteiger partial charge in [0.05, 0.1) is 5.92 Å². The number of rotatable bonds is 6. The highest BCUT2D eigenvalue weighted by Crippen LogP contribution is 2.20. The van der Waals surface area contributed by atoms with E-state index >= 15 is 0 Å². The second-order valence-corrected chi connectivity index (χ2v) is 7.35. The lowest BCUT2D eigenvalue weighted by atomic mass is 9.96. The van der Waals surface area contributed by atoms with Gasteiger partial charge in [0.25, 0.3) is 5.91 Å². The molecule has 6 nitrogen and oxygen atoms in total. The summed E-state index contributed by atoms with van der Waals surface area (Å²) in [5.74, 6) is 0.206. The smallest absolute Gasteiger partial charge is 0.253 e. The molecule has 1 fully saturated rings. The molecule has 1 aliphatic heterocycles. The summed E-state index contributed by atoms with van der Waals surface area (Å²) < 4.78 is 5.28. The average molecular weight is 412 g/mol. The Labute approximate surface area is 175 Å². The molecule has 1 heterocycles. The summed E-state index contributed by atoms with van der Waals surface area (Å²) in [5, 5.41) is 12.1. The number of nitriles is 1. The third-order valence-corrected chi connectivity index (χ3v) is 5.09. The summed E-state index contributed by atoms with van der Waals surface area (Å²) in [7, 11) is 0. The number of amides is 2. The normalized spacial score (nSPS) is 16.0. The number of nitrogens with zero attached hydrogens (tertiary/aromatic N) is 2. The SMILES string of the molecule is N#CCOc1cccc(CNC(=O)C2CCCN(C(=O)c3ccc(Cl)cc3)C2)c1. The van der Waals surface area contributed by atoms with Crippen LogP contribution in [-0.2, 0) is 11.3 Å². The fraction of sp³-hybridized carbons (Fsp3) is 0.318. The van der Waals surface area contributed by atoms with Gasteiger partial charge in [0.2, 0.25) is 5.91 Å². The second-order valence-electron chi connectivity index (χ2n) is 6.91. The highest BCUT2D eigenvalue weighted by atomic mass is 35.5. The number of halogens is 1. The lowest BCUT2D eigenvalue weighted by Crippen LogP contribution is -2.45. The Hall–Kier alpha value is -3.04. The number of hydrogen-bond donors (Lipinski definition) is 1. The number of hydrogen-bond acceptors (Lipinski definition) is 4. The topological polar surface area (TPSA) is 82.4 Å². The highest BCUT2D eigenvalue weighted by molar-refractivity contribution is 6.30. The molecular weight excluding hydrogens is 390 g/mol. The Morgan fingerprint density at radius 3 is 2.79 bits per heavy atom. The van der Waals surface area contributed by atoms with E-state index in [2.05, 4.69) is 5.32 Å². The quantitative estimate of drug-likeness (QED) is 0.789. The van der Waals surface area contributed by atoms with Gasteiger partial charge in [-0.1, -0.05) is 23.7 Å². The van der Waals surface area contributed by atoms with Crippen LogP contribution in [0.3, 0.4) is 0 Å². The van der Waals surface area contributed by atoms with E-state index in [1.165, 1.54) is 0 Å². The third kappa shape index (κ3) is 5.72. The van der Waals surface area contributed by atoms with Crippen LogP contribution >= 0.6 is 11.6 Å². The molecular formula is C22H22ClN3O3. The first-order valence-corrected chi connectivity index (χ1v) is 9.86. The second kappa shape index (κ2) is 9.94. The van der Waals surface area contributed by atoms with Gasteiger partial charge in [0, 0.05) is 30.2 Å². The van der Waals surface area contributed by atoms with Crippen molar-refractivity contribution in [3.8, 4) is 11.8 Å². The van der Waals surface area contributed by atoms with Crippen LogP contribution in [0.5, 0.6) is 5.75 Å². The lowest BCUT2D eigenvalue weighted by Gasteiger charge is -2.32. The number of carbonyl (C=O) groups excluding carboxylic acids is 2. The summed E-state index contributed by atoms with van der Waals surface area (Å²) in [6.45, 7) is 1.39. The monoisotopic (exact) mass is 411 g/mol. The molecule has 1 saturated heterocycles. The van der Waals surface area contributed by atoms with Gasteiger partial charge in [-0.05, 0) is 54.8 Å². The Kier molecular flexibility index (Phi) is 7.09. The highest BCUT2D eigenvalue weighted by Gasteiger charge is 2.28. The summed E-state index contributed by atoms with van der Waals surface area (Å²) in [4.78, 5) is 27.1. The lowest BCUT2D eigenvalue weighted by molar-refractivity contribution is -0.126. The van der Waals surface area contributed by atoms with Crippen LogP contribution in [0.25, 0.3) is 0 Å². The molecule has 3 rings (SSSR count). The predicted molar refractivity (Wildman–Crippen MR) is 109 cm³/mol. The molecule has 0 aromatic heterocycles. The van der Waals surface area contributed by atoms with Gasteiger partial charge >= 0.3 is 0 Å². The fourth-order valence-electron chi connectivity index (χ4n) is 3.35. The molecule has 2 aromatic carbocycles. The molecule has 1 aliphatic rings. The van der Waals surface area contributed by atoms with E-state index < -0.39 is 0 Å². The maximum atomic E-state index is 12.7. The average Bonchev–Trinajstić information content (AvgIpc) is 2.76. The zero-order valence-electron chi connectivity index (χ0n) is 15.9. The van der Waals surface area contributed by atoms with Crippen molar-refractivity contribution in [2.45, 2.75) is 19.4 Å². The summed E-state index contributed by atoms with van der Waals surface area (Å²) in [6.07, 6.45) is 1.54. The zero-order valence-corrected chi connectivity index (χ0v) is 16.7. The van der Waals surface area contributed by atoms with Gasteiger partial charge in [0.15, 0.2) is 6.61 Å². The molecule has 0 saturated carbocycles. The van der Waals surface area contributed by atoms with Crippen molar-refractivity contribution in [3.05, 3.63) is 64.7 Å². The standard InChI is InChI=1S/C22H22ClN3O3/c23-19-8-6-17(7-9-19)22(28)26-11-2-4-18(15-26)21(27)25-14-16-3-1-5-20(13-16)29-12-10-24/h1,3,5-9,13,18H,2,4,11-12,14-15H2,(H,25,27). The predicted octanol–water partition coefficient (Wildman–Crippen LogP) is 3.41. The van der Waals surface area contributed by atoms with E-state index in [4.69, 9.17) is 21.6 Å². The molecule has 0 aliphatic carbocycles. The maximum absolute atomic E-state index is 12.7. The van der Waals surface area contributed by atoms with Crippen LogP contribution < -0.4 is 10.1 Å². The fourth-order valence-corrected chi connectivity index (χ4v) is 3.47. The Morgan fingerprint density at radius 2 is 2.03 bits per heavy atom. The van der Waals surface area contributed by atoms with E-state index in [0.717, 1.165) is 18.4 Å². The van der Waals surface area contributed by atoms with Gasteiger partial charge in [-0.3, -0.25) is 9.59 Å². The first kappa shape index (κ1) is 20.7. The van der Waals surface area contributed by atoms with Crippen LogP contribution in [0.15, 0.2) is 48.5 Å². The summed E-state index contributed by atoms with van der Waals surface area (Å²) in [5.41, 5.74) is 1.46. The number of ether oxygens (including phenoxy) is 1. The first-order chi connectivity index (χ1) is 14.1. The molecule has 0 bridgehead atoms. The zero-order chi connectivity index (χ0) is 20.6. The largest absolute Gasteiger partial charge is 0.479 e. The molecule has 150 valence electrons. The van der Waals surface area contributed by atoms with E-state index in [1.807, 2.05) is 18.2 Å². The van der Waals surface area contributed by atoms with Crippen LogP contribution in [0, 0.1) is 17.2 Å². The van der Waals surface area contributed by atoms with Crippen LogP contribution in [0.2, 0.25) is 5.02 Å². The minimum atomic E-state index is -0.238. The van der Waals surface area contributed by atoms with Crippen molar-refractivity contribution < 1.29 is 14.3 Å². The molecule has 0 radical (unpaired) electrons. The van der Waals surface area contributed by atoms with Gasteiger partial charge in [-0.15, -0.1) is 0 Å². The molecule has 1 N–H and O–H groups in total. The van der Waals surface area contributed by atoms with Crippen molar-refractivity contribution >= 4 is 23.4 Å². The van der Waals surface area contributed by atoms with Crippen molar-refractivity contribution in [3.63, 3.8) is 0 Å². The molecule has 2 amide bonds. The summed E-state index contributed by atoms with van der Waals surface area (Å²) in [6, 6.07) is 16.0. The van der Waals surface area contributed by atoms with Crippen LogP contribution in [0.1, 0.15) is 28.8 Å². The van der Waals surface area contributed by atoms with Crippen molar-refractivity contribution in [2.24, 2.45) is 5.92 Å². The molecule has 1 unspecified atom stereocenters. The van der Waals surface area contributed by atoms with Crippen LogP contribution in [-0.4, -0.2) is 36.4 Å². The molecule has 2 aromatic rings. The molecule has 7 heteroatoms. The summed E-state index contributed by atoms with van der Waals surface area (Å²) >= 11 is 5.89. The number of nitrogens with one attached hydrogen (secondary N) is 1. The van der Waals surface area contributed by atoms with Gasteiger partial charge in [-0.25, -0.2) is 0 Å². The number of likely N-dealkylation sites (tertiary alicyclic amines) is 1. The van der Waals surface area contributed by atoms with E-state index in [0.29, 0.717) is 36.0 Å². The van der Waals surface area contributed by atoms with Gasteiger partial charge in [-0.2, -0.15) is 5.26 Å². The molecule has 0 spiro atoms. The van der Waals surface area contributed by atoms with Crippen molar-refractivity contribution in [2.75, 3.05) is 19.7 Å². The Morgan fingerprint density at radius 1 is 1.24 bits per heavy atom. The Balaban J connectivity index is 1.55. The molecule has 1 atom stereocenters. The van der Waals surface area contributed by atoms with E-state index in [9.17, 15) is 9.59 Å². The van der Waals surface area contributed by atoms with E-state index in [-0.39, 0.29) is 24.3 Å². The first-order valence-electron chi connectivity index (χ1n) is 9.48. The van der Waals surface area contributed by atoms with Gasteiger partial charge < -0.3 is 15.0 Å².